The van der Waals surface area contributed by atoms with E-state index >= 15 is 0 Å². The maximum atomic E-state index is 12.2. The van der Waals surface area contributed by atoms with Crippen molar-refractivity contribution in [3.63, 3.8) is 0 Å². The van der Waals surface area contributed by atoms with Crippen LogP contribution >= 0.6 is 0 Å². The van der Waals surface area contributed by atoms with Gasteiger partial charge in [0.1, 0.15) is 0 Å². The van der Waals surface area contributed by atoms with Crippen LogP contribution in [-0.2, 0) is 11.2 Å². The fourth-order valence-corrected chi connectivity index (χ4v) is 3.89. The molecule has 2 aliphatic carbocycles. The number of rotatable bonds is 3. The highest BCUT2D eigenvalue weighted by molar-refractivity contribution is 5.92. The number of fused-ring (bicyclic) bond motifs is 3. The number of benzene rings is 2. The standard InChI is InChI=1S/C20H21NO/c22-20(11-14-5-1-2-6-14)21-17-10-9-16-12-15-7-3-4-8-18(15)19(16)13-17/h3-4,7-10,13-14H,1-2,5-6,11-12H2,(H,21,22). The van der Waals surface area contributed by atoms with Crippen molar-refractivity contribution < 1.29 is 4.79 Å². The molecule has 2 aromatic carbocycles. The molecule has 0 bridgehead atoms. The Bertz CT molecular complexity index is 713. The van der Waals surface area contributed by atoms with Gasteiger partial charge in [0.05, 0.1) is 0 Å². The maximum Gasteiger partial charge on any atom is 0.224 e. The van der Waals surface area contributed by atoms with E-state index in [9.17, 15) is 4.79 Å². The number of carbonyl (C=O) groups excluding carboxylic acids is 1. The summed E-state index contributed by atoms with van der Waals surface area (Å²) in [6.07, 6.45) is 6.67. The molecule has 1 N–H and O–H groups in total. The van der Waals surface area contributed by atoms with Crippen LogP contribution < -0.4 is 5.32 Å². The van der Waals surface area contributed by atoms with E-state index in [1.54, 1.807) is 0 Å². The summed E-state index contributed by atoms with van der Waals surface area (Å²) in [7, 11) is 0. The van der Waals surface area contributed by atoms with Gasteiger partial charge in [0.2, 0.25) is 5.91 Å². The van der Waals surface area contributed by atoms with E-state index in [2.05, 4.69) is 41.7 Å². The molecular formula is C20H21NO. The monoisotopic (exact) mass is 291 g/mol. The Balaban J connectivity index is 1.51. The Morgan fingerprint density at radius 3 is 2.64 bits per heavy atom. The Kier molecular flexibility index (Phi) is 3.45. The van der Waals surface area contributed by atoms with E-state index in [4.69, 9.17) is 0 Å². The summed E-state index contributed by atoms with van der Waals surface area (Å²) in [5, 5.41) is 3.09. The maximum absolute atomic E-state index is 12.2. The second-order valence-electron chi connectivity index (χ2n) is 6.61. The molecule has 0 spiro atoms. The molecule has 0 unspecified atom stereocenters. The molecule has 2 aromatic rings. The van der Waals surface area contributed by atoms with E-state index in [0.29, 0.717) is 12.3 Å². The first-order valence-corrected chi connectivity index (χ1v) is 8.30. The summed E-state index contributed by atoms with van der Waals surface area (Å²) >= 11 is 0. The highest BCUT2D eigenvalue weighted by atomic mass is 16.1. The van der Waals surface area contributed by atoms with Gasteiger partial charge in [-0.1, -0.05) is 43.2 Å². The number of anilines is 1. The van der Waals surface area contributed by atoms with Crippen LogP contribution in [0, 0.1) is 5.92 Å². The fraction of sp³-hybridized carbons (Fsp3) is 0.350. The second-order valence-corrected chi connectivity index (χ2v) is 6.61. The third-order valence-electron chi connectivity index (χ3n) is 5.03. The van der Waals surface area contributed by atoms with Crippen molar-refractivity contribution >= 4 is 11.6 Å². The summed E-state index contributed by atoms with van der Waals surface area (Å²) < 4.78 is 0. The molecule has 4 rings (SSSR count). The Morgan fingerprint density at radius 1 is 1.00 bits per heavy atom. The van der Waals surface area contributed by atoms with Gasteiger partial charge in [-0.15, -0.1) is 0 Å². The van der Waals surface area contributed by atoms with Crippen LogP contribution in [0.5, 0.6) is 0 Å². The lowest BCUT2D eigenvalue weighted by molar-refractivity contribution is -0.117. The topological polar surface area (TPSA) is 29.1 Å². The van der Waals surface area contributed by atoms with Crippen molar-refractivity contribution in [2.24, 2.45) is 5.92 Å². The number of hydrogen-bond donors (Lipinski definition) is 1. The van der Waals surface area contributed by atoms with Crippen molar-refractivity contribution in [2.45, 2.75) is 38.5 Å². The highest BCUT2D eigenvalue weighted by Crippen LogP contribution is 2.38. The zero-order chi connectivity index (χ0) is 14.9. The quantitative estimate of drug-likeness (QED) is 0.739. The first kappa shape index (κ1) is 13.6. The molecule has 1 fully saturated rings. The van der Waals surface area contributed by atoms with Crippen molar-refractivity contribution in [1.29, 1.82) is 0 Å². The summed E-state index contributed by atoms with van der Waals surface area (Å²) in [6, 6.07) is 14.9. The minimum absolute atomic E-state index is 0.165. The Labute approximate surface area is 131 Å². The summed E-state index contributed by atoms with van der Waals surface area (Å²) in [5.74, 6) is 0.758. The van der Waals surface area contributed by atoms with Gasteiger partial charge in [0.15, 0.2) is 0 Å². The molecule has 2 aliphatic rings. The summed E-state index contributed by atoms with van der Waals surface area (Å²) in [5.41, 5.74) is 6.25. The summed E-state index contributed by atoms with van der Waals surface area (Å²) in [6.45, 7) is 0. The van der Waals surface area contributed by atoms with Gasteiger partial charge >= 0.3 is 0 Å². The smallest absolute Gasteiger partial charge is 0.224 e. The lowest BCUT2D eigenvalue weighted by Gasteiger charge is -2.11. The predicted molar refractivity (Wildman–Crippen MR) is 89.9 cm³/mol. The van der Waals surface area contributed by atoms with Crippen LogP contribution in [0.1, 0.15) is 43.2 Å². The molecular weight excluding hydrogens is 270 g/mol. The van der Waals surface area contributed by atoms with Gasteiger partial charge in [-0.05, 0) is 59.6 Å². The second kappa shape index (κ2) is 5.60. The van der Waals surface area contributed by atoms with Gasteiger partial charge in [0, 0.05) is 12.1 Å². The van der Waals surface area contributed by atoms with Gasteiger partial charge in [-0.25, -0.2) is 0 Å². The average Bonchev–Trinajstić information content (AvgIpc) is 3.14. The first-order valence-electron chi connectivity index (χ1n) is 8.30. The molecule has 112 valence electrons. The van der Waals surface area contributed by atoms with Crippen molar-refractivity contribution in [3.8, 4) is 11.1 Å². The third-order valence-corrected chi connectivity index (χ3v) is 5.03. The molecule has 0 radical (unpaired) electrons. The Hall–Kier alpha value is -2.09. The molecule has 0 heterocycles. The van der Waals surface area contributed by atoms with Crippen LogP contribution in [0.15, 0.2) is 42.5 Å². The average molecular weight is 291 g/mol. The molecule has 22 heavy (non-hydrogen) atoms. The first-order chi connectivity index (χ1) is 10.8. The summed E-state index contributed by atoms with van der Waals surface area (Å²) in [4.78, 5) is 12.2. The minimum atomic E-state index is 0.165. The lowest BCUT2D eigenvalue weighted by atomic mass is 10.0. The Morgan fingerprint density at radius 2 is 1.77 bits per heavy atom. The number of carbonyl (C=O) groups is 1. The van der Waals surface area contributed by atoms with Crippen molar-refractivity contribution in [3.05, 3.63) is 53.6 Å². The largest absolute Gasteiger partial charge is 0.326 e. The van der Waals surface area contributed by atoms with E-state index in [0.717, 1.165) is 12.1 Å². The minimum Gasteiger partial charge on any atom is -0.326 e. The van der Waals surface area contributed by atoms with Gasteiger partial charge in [-0.3, -0.25) is 4.79 Å². The SMILES string of the molecule is O=C(CC1CCCC1)Nc1ccc2c(c1)-c1ccccc1C2. The normalized spacial score (nSPS) is 16.4. The van der Waals surface area contributed by atoms with E-state index in [1.165, 1.54) is 47.9 Å². The molecule has 0 saturated heterocycles. The predicted octanol–water partition coefficient (Wildman–Crippen LogP) is 4.78. The van der Waals surface area contributed by atoms with E-state index in [1.807, 2.05) is 6.07 Å². The van der Waals surface area contributed by atoms with Gasteiger partial charge in [0.25, 0.3) is 0 Å². The molecule has 2 heteroatoms. The third kappa shape index (κ3) is 2.54. The highest BCUT2D eigenvalue weighted by Gasteiger charge is 2.20. The van der Waals surface area contributed by atoms with Gasteiger partial charge < -0.3 is 5.32 Å². The van der Waals surface area contributed by atoms with Gasteiger partial charge in [-0.2, -0.15) is 0 Å². The number of amides is 1. The van der Waals surface area contributed by atoms with Crippen LogP contribution in [0.3, 0.4) is 0 Å². The zero-order valence-electron chi connectivity index (χ0n) is 12.8. The zero-order valence-corrected chi connectivity index (χ0v) is 12.8. The van der Waals surface area contributed by atoms with Crippen molar-refractivity contribution in [2.75, 3.05) is 5.32 Å². The number of hydrogen-bond acceptors (Lipinski definition) is 1. The molecule has 1 saturated carbocycles. The lowest BCUT2D eigenvalue weighted by Crippen LogP contribution is -2.15. The van der Waals surface area contributed by atoms with Crippen LogP contribution in [0.25, 0.3) is 11.1 Å². The van der Waals surface area contributed by atoms with Crippen LogP contribution in [-0.4, -0.2) is 5.91 Å². The molecule has 2 nitrogen and oxygen atoms in total. The molecule has 1 amide bonds. The van der Waals surface area contributed by atoms with E-state index < -0.39 is 0 Å². The number of nitrogens with one attached hydrogen (secondary N) is 1. The molecule has 0 atom stereocenters. The molecule has 0 aliphatic heterocycles. The fourth-order valence-electron chi connectivity index (χ4n) is 3.89. The van der Waals surface area contributed by atoms with E-state index in [-0.39, 0.29) is 5.91 Å². The molecule has 0 aromatic heterocycles. The van der Waals surface area contributed by atoms with Crippen LogP contribution in [0.2, 0.25) is 0 Å². The van der Waals surface area contributed by atoms with Crippen molar-refractivity contribution in [1.82, 2.24) is 0 Å². The van der Waals surface area contributed by atoms with Crippen LogP contribution in [0.4, 0.5) is 5.69 Å².